The van der Waals surface area contributed by atoms with Gasteiger partial charge in [0.15, 0.2) is 17.5 Å². The molecule has 65 heavy (non-hydrogen) atoms. The Morgan fingerprint density at radius 3 is 1.68 bits per heavy atom. The van der Waals surface area contributed by atoms with Gasteiger partial charge in [-0.15, -0.1) is 0 Å². The van der Waals surface area contributed by atoms with Crippen LogP contribution in [0.3, 0.4) is 0 Å². The van der Waals surface area contributed by atoms with Crippen LogP contribution in [0.4, 0.5) is 0 Å². The smallest absolute Gasteiger partial charge is 0.165 e. The summed E-state index contributed by atoms with van der Waals surface area (Å²) in [5.74, 6) is 1.93. The van der Waals surface area contributed by atoms with E-state index in [4.69, 9.17) is 15.0 Å². The predicted octanol–water partition coefficient (Wildman–Crippen LogP) is 15.0. The molecular formula is C60H40N4S. The number of para-hydroxylation sites is 2. The molecule has 0 amide bonds. The Morgan fingerprint density at radius 2 is 1.00 bits per heavy atom. The average Bonchev–Trinajstić information content (AvgIpc) is 3.87. The second kappa shape index (κ2) is 14.9. The van der Waals surface area contributed by atoms with E-state index in [0.29, 0.717) is 17.5 Å². The van der Waals surface area contributed by atoms with Crippen LogP contribution >= 0.6 is 11.8 Å². The number of benzene rings is 9. The summed E-state index contributed by atoms with van der Waals surface area (Å²) in [6, 6.07) is 77.1. The lowest BCUT2D eigenvalue weighted by Gasteiger charge is -2.41. The lowest BCUT2D eigenvalue weighted by atomic mass is 9.66. The first-order chi connectivity index (χ1) is 32.2. The fraction of sp³-hybridized carbons (Fsp3) is 0.0500. The van der Waals surface area contributed by atoms with Gasteiger partial charge < -0.3 is 4.57 Å². The molecule has 0 atom stereocenters. The first kappa shape index (κ1) is 37.7. The molecule has 1 aliphatic heterocycles. The highest BCUT2D eigenvalue weighted by atomic mass is 32.2. The summed E-state index contributed by atoms with van der Waals surface area (Å²) in [5, 5.41) is 2.42. The number of nitrogens with zero attached hydrogens (tertiary/aromatic N) is 4. The third-order valence-corrected chi connectivity index (χ3v) is 14.7. The van der Waals surface area contributed by atoms with Crippen LogP contribution in [-0.2, 0) is 11.8 Å². The van der Waals surface area contributed by atoms with Crippen LogP contribution in [0.2, 0.25) is 0 Å². The van der Waals surface area contributed by atoms with Gasteiger partial charge in [0, 0.05) is 42.9 Å². The van der Waals surface area contributed by atoms with E-state index in [1.54, 1.807) is 0 Å². The van der Waals surface area contributed by atoms with Crippen molar-refractivity contribution in [2.75, 3.05) is 0 Å². The number of aryl methyl sites for hydroxylation is 1. The first-order valence-corrected chi connectivity index (χ1v) is 23.1. The van der Waals surface area contributed by atoms with E-state index in [1.807, 2.05) is 48.2 Å². The van der Waals surface area contributed by atoms with Gasteiger partial charge in [-0.2, -0.15) is 0 Å². The molecule has 0 fully saturated rings. The van der Waals surface area contributed by atoms with Gasteiger partial charge in [-0.05, 0) is 105 Å². The van der Waals surface area contributed by atoms with Gasteiger partial charge in [-0.25, -0.2) is 15.0 Å². The molecule has 0 radical (unpaired) electrons. The van der Waals surface area contributed by atoms with E-state index in [2.05, 4.69) is 187 Å². The van der Waals surface area contributed by atoms with Gasteiger partial charge in [0.05, 0.1) is 16.4 Å². The van der Waals surface area contributed by atoms with Crippen molar-refractivity contribution in [1.82, 2.24) is 19.5 Å². The quantitative estimate of drug-likeness (QED) is 0.167. The van der Waals surface area contributed by atoms with Crippen molar-refractivity contribution >= 4 is 33.6 Å². The Balaban J connectivity index is 1.15. The molecule has 0 unspecified atom stereocenters. The van der Waals surface area contributed by atoms with Crippen LogP contribution in [0.1, 0.15) is 34.7 Å². The Labute approximate surface area is 382 Å². The summed E-state index contributed by atoms with van der Waals surface area (Å²) in [6.45, 7) is 2.24. The minimum absolute atomic E-state index is 0.606. The van der Waals surface area contributed by atoms with Gasteiger partial charge >= 0.3 is 0 Å². The van der Waals surface area contributed by atoms with Crippen LogP contribution in [0.25, 0.3) is 83.9 Å². The molecule has 1 spiro atoms. The zero-order valence-electron chi connectivity index (χ0n) is 35.6. The number of rotatable bonds is 6. The summed E-state index contributed by atoms with van der Waals surface area (Å²) < 4.78 is 2.38. The molecule has 2 aromatic heterocycles. The molecule has 1 aliphatic carbocycles. The Morgan fingerprint density at radius 1 is 0.415 bits per heavy atom. The van der Waals surface area contributed by atoms with Gasteiger partial charge in [0.1, 0.15) is 0 Å². The maximum Gasteiger partial charge on any atom is 0.165 e. The predicted molar refractivity (Wildman–Crippen MR) is 267 cm³/mol. The van der Waals surface area contributed by atoms with Crippen LogP contribution < -0.4 is 0 Å². The molecule has 0 saturated carbocycles. The average molecular weight is 849 g/mol. The summed E-state index contributed by atoms with van der Waals surface area (Å²) in [4.78, 5) is 18.4. The molecule has 3 heterocycles. The van der Waals surface area contributed by atoms with E-state index in [1.165, 1.54) is 65.6 Å². The molecular weight excluding hydrogens is 809 g/mol. The topological polar surface area (TPSA) is 43.6 Å². The first-order valence-electron chi connectivity index (χ1n) is 22.3. The van der Waals surface area contributed by atoms with E-state index >= 15 is 0 Å². The van der Waals surface area contributed by atoms with E-state index < -0.39 is 5.41 Å². The third kappa shape index (κ3) is 5.75. The van der Waals surface area contributed by atoms with Gasteiger partial charge in [-0.3, -0.25) is 0 Å². The largest absolute Gasteiger partial charge is 0.309 e. The van der Waals surface area contributed by atoms with Gasteiger partial charge in [-0.1, -0.05) is 182 Å². The van der Waals surface area contributed by atoms with Crippen molar-refractivity contribution in [2.24, 2.45) is 0 Å². The zero-order valence-corrected chi connectivity index (χ0v) is 36.4. The molecule has 306 valence electrons. The van der Waals surface area contributed by atoms with Crippen molar-refractivity contribution < 1.29 is 0 Å². The lowest BCUT2D eigenvalue weighted by molar-refractivity contribution is 0.721. The SMILES string of the molecule is CCc1ccc2c(c1)Sc1c(-c3nc(-c4ccccc4)nc(-c4ccccc4)n3)cc(-c3ccc4c(c3)c3ccccc3n4-c3ccccc3)cc1C21c2ccccc2-c2ccccc21. The van der Waals surface area contributed by atoms with Crippen LogP contribution in [0, 0.1) is 0 Å². The van der Waals surface area contributed by atoms with Crippen molar-refractivity contribution in [1.29, 1.82) is 0 Å². The van der Waals surface area contributed by atoms with Crippen LogP contribution in [0.5, 0.6) is 0 Å². The second-order valence-electron chi connectivity index (χ2n) is 17.0. The number of aromatic nitrogens is 4. The molecule has 5 heteroatoms. The van der Waals surface area contributed by atoms with Crippen molar-refractivity contribution in [2.45, 2.75) is 28.6 Å². The molecule has 13 rings (SSSR count). The van der Waals surface area contributed by atoms with E-state index in [0.717, 1.165) is 44.8 Å². The maximum atomic E-state index is 5.42. The summed E-state index contributed by atoms with van der Waals surface area (Å²) in [5.41, 5.74) is 17.0. The second-order valence-corrected chi connectivity index (χ2v) is 18.0. The normalized spacial score (nSPS) is 13.1. The van der Waals surface area contributed by atoms with Crippen molar-refractivity contribution in [3.63, 3.8) is 0 Å². The van der Waals surface area contributed by atoms with Crippen molar-refractivity contribution in [3.05, 3.63) is 240 Å². The third-order valence-electron chi connectivity index (χ3n) is 13.5. The van der Waals surface area contributed by atoms with Gasteiger partial charge in [0.25, 0.3) is 0 Å². The summed E-state index contributed by atoms with van der Waals surface area (Å²) in [7, 11) is 0. The number of hydrogen-bond donors (Lipinski definition) is 0. The molecule has 2 aliphatic rings. The minimum atomic E-state index is -0.606. The monoisotopic (exact) mass is 848 g/mol. The highest BCUT2D eigenvalue weighted by Gasteiger charge is 2.51. The standard InChI is InChI=1S/C60H40N4S/c1-2-38-30-32-51-55(34-38)65-56-48(59-62-57(39-18-6-3-7-19-39)61-58(63-59)40-20-8-4-9-21-40)36-42(37-52(56)60(51)49-27-15-12-24-44(49)45-25-13-16-28-50(45)60)41-31-33-54-47(35-41)46-26-14-17-29-53(46)64(54)43-22-10-5-11-23-43/h3-37H,2H2,1H3. The molecule has 4 nitrogen and oxygen atoms in total. The Hall–Kier alpha value is -7.86. The molecule has 0 saturated heterocycles. The molecule has 0 bridgehead atoms. The zero-order chi connectivity index (χ0) is 43.1. The molecule has 11 aromatic rings. The van der Waals surface area contributed by atoms with E-state index in [-0.39, 0.29) is 0 Å². The summed E-state index contributed by atoms with van der Waals surface area (Å²) in [6.07, 6.45) is 0.949. The number of fused-ring (bicyclic) bond motifs is 12. The van der Waals surface area contributed by atoms with Crippen molar-refractivity contribution in [3.8, 4) is 62.1 Å². The molecule has 0 N–H and O–H groups in total. The fourth-order valence-electron chi connectivity index (χ4n) is 10.5. The maximum absolute atomic E-state index is 5.42. The Bertz CT molecular complexity index is 3570. The highest BCUT2D eigenvalue weighted by molar-refractivity contribution is 7.99. The van der Waals surface area contributed by atoms with Crippen LogP contribution in [0.15, 0.2) is 222 Å². The van der Waals surface area contributed by atoms with Gasteiger partial charge in [0.2, 0.25) is 0 Å². The number of hydrogen-bond acceptors (Lipinski definition) is 4. The van der Waals surface area contributed by atoms with Crippen LogP contribution in [-0.4, -0.2) is 19.5 Å². The minimum Gasteiger partial charge on any atom is -0.309 e. The lowest BCUT2D eigenvalue weighted by Crippen LogP contribution is -2.32. The summed E-state index contributed by atoms with van der Waals surface area (Å²) >= 11 is 1.85. The Kier molecular flexibility index (Phi) is 8.62. The fourth-order valence-corrected chi connectivity index (χ4v) is 11.9. The highest BCUT2D eigenvalue weighted by Crippen LogP contribution is 2.64. The van der Waals surface area contributed by atoms with E-state index in [9.17, 15) is 0 Å². The molecule has 9 aromatic carbocycles.